The first-order chi connectivity index (χ1) is 11.3. The van der Waals surface area contributed by atoms with Gasteiger partial charge in [0.1, 0.15) is 0 Å². The van der Waals surface area contributed by atoms with Gasteiger partial charge < -0.3 is 4.74 Å². The van der Waals surface area contributed by atoms with E-state index in [1.54, 1.807) is 0 Å². The summed E-state index contributed by atoms with van der Waals surface area (Å²) >= 11 is 0. The van der Waals surface area contributed by atoms with Gasteiger partial charge in [0.2, 0.25) is 0 Å². The second-order valence-electron chi connectivity index (χ2n) is 5.43. The molecule has 3 rings (SSSR count). The number of hydrogen-bond donors (Lipinski definition) is 1. The van der Waals surface area contributed by atoms with E-state index < -0.39 is 0 Å². The third-order valence-corrected chi connectivity index (χ3v) is 3.74. The minimum Gasteiger partial charge on any atom is -0.379 e. The predicted octanol–water partition coefficient (Wildman–Crippen LogP) is 2.19. The summed E-state index contributed by atoms with van der Waals surface area (Å²) in [5, 5.41) is 1.82. The number of ether oxygens (including phenoxy) is 1. The minimum atomic E-state index is -0.0281. The maximum absolute atomic E-state index is 12.4. The lowest BCUT2D eigenvalue weighted by atomic mass is 10.2. The number of amides is 1. The molecule has 0 radical (unpaired) electrons. The quantitative estimate of drug-likeness (QED) is 0.860. The highest BCUT2D eigenvalue weighted by Crippen LogP contribution is 2.22. The molecule has 2 aromatic rings. The van der Waals surface area contributed by atoms with Crippen molar-refractivity contribution in [1.29, 1.82) is 0 Å². The van der Waals surface area contributed by atoms with Crippen LogP contribution in [0.5, 0.6) is 0 Å². The summed E-state index contributed by atoms with van der Waals surface area (Å²) in [4.78, 5) is 14.5. The van der Waals surface area contributed by atoms with Crippen LogP contribution >= 0.6 is 0 Å². The fourth-order valence-corrected chi connectivity index (χ4v) is 2.55. The van der Waals surface area contributed by atoms with Gasteiger partial charge in [-0.2, -0.15) is 0 Å². The van der Waals surface area contributed by atoms with Gasteiger partial charge in [-0.3, -0.25) is 20.1 Å². The van der Waals surface area contributed by atoms with Crippen molar-refractivity contribution < 1.29 is 9.53 Å². The average molecular weight is 311 g/mol. The molecule has 5 nitrogen and oxygen atoms in total. The number of morpholine rings is 1. The summed E-state index contributed by atoms with van der Waals surface area (Å²) in [5.41, 5.74) is 4.86. The number of carbonyl (C=O) groups is 1. The van der Waals surface area contributed by atoms with Crippen molar-refractivity contribution in [2.75, 3.05) is 37.9 Å². The van der Waals surface area contributed by atoms with Gasteiger partial charge in [0.15, 0.2) is 0 Å². The number of nitrogens with zero attached hydrogens (tertiary/aromatic N) is 2. The van der Waals surface area contributed by atoms with Gasteiger partial charge in [0.05, 0.1) is 31.1 Å². The highest BCUT2D eigenvalue weighted by molar-refractivity contribution is 5.82. The van der Waals surface area contributed by atoms with Crippen molar-refractivity contribution in [3.05, 3.63) is 60.7 Å². The molecule has 1 fully saturated rings. The zero-order valence-corrected chi connectivity index (χ0v) is 13.0. The van der Waals surface area contributed by atoms with Crippen LogP contribution in [0.1, 0.15) is 0 Å². The first-order valence-electron chi connectivity index (χ1n) is 7.83. The Labute approximate surface area is 136 Å². The number of anilines is 2. The predicted molar refractivity (Wildman–Crippen MR) is 90.4 cm³/mol. The van der Waals surface area contributed by atoms with E-state index in [1.807, 2.05) is 65.7 Å². The molecule has 120 valence electrons. The van der Waals surface area contributed by atoms with E-state index in [0.29, 0.717) is 19.8 Å². The Morgan fingerprint density at radius 1 is 0.957 bits per heavy atom. The fraction of sp³-hybridized carbons (Fsp3) is 0.278. The third-order valence-electron chi connectivity index (χ3n) is 3.74. The smallest absolute Gasteiger partial charge is 0.252 e. The molecule has 23 heavy (non-hydrogen) atoms. The van der Waals surface area contributed by atoms with Crippen molar-refractivity contribution in [3.63, 3.8) is 0 Å². The van der Waals surface area contributed by atoms with Crippen LogP contribution < -0.4 is 10.4 Å². The lowest BCUT2D eigenvalue weighted by Gasteiger charge is -2.29. The average Bonchev–Trinajstić information content (AvgIpc) is 2.62. The summed E-state index contributed by atoms with van der Waals surface area (Å²) in [6, 6.07) is 19.6. The standard InChI is InChI=1S/C18H21N3O2/c22-18(15-20-11-13-23-14-12-20)19-21(16-7-3-1-4-8-16)17-9-5-2-6-10-17/h1-10H,11-15H2,(H,19,22). The topological polar surface area (TPSA) is 44.8 Å². The van der Waals surface area contributed by atoms with E-state index in [0.717, 1.165) is 24.5 Å². The molecule has 2 aromatic carbocycles. The van der Waals surface area contributed by atoms with Gasteiger partial charge in [-0.15, -0.1) is 0 Å². The molecular formula is C18H21N3O2. The number of carbonyl (C=O) groups excluding carboxylic acids is 1. The van der Waals surface area contributed by atoms with Gasteiger partial charge >= 0.3 is 0 Å². The van der Waals surface area contributed by atoms with Crippen molar-refractivity contribution in [3.8, 4) is 0 Å². The van der Waals surface area contributed by atoms with E-state index >= 15 is 0 Å². The largest absolute Gasteiger partial charge is 0.379 e. The number of nitrogens with one attached hydrogen (secondary N) is 1. The molecule has 1 N–H and O–H groups in total. The lowest BCUT2D eigenvalue weighted by molar-refractivity contribution is -0.123. The lowest BCUT2D eigenvalue weighted by Crippen LogP contribution is -2.47. The Morgan fingerprint density at radius 3 is 2.00 bits per heavy atom. The van der Waals surface area contributed by atoms with E-state index in [1.165, 1.54) is 0 Å². The Balaban J connectivity index is 1.72. The van der Waals surface area contributed by atoms with Gasteiger partial charge in [-0.1, -0.05) is 36.4 Å². The summed E-state index contributed by atoms with van der Waals surface area (Å²) in [6.45, 7) is 3.34. The Bertz CT molecular complexity index is 573. The van der Waals surface area contributed by atoms with Crippen LogP contribution in [0.25, 0.3) is 0 Å². The SMILES string of the molecule is O=C(CN1CCOCC1)NN(c1ccccc1)c1ccccc1. The third kappa shape index (κ3) is 4.31. The highest BCUT2D eigenvalue weighted by atomic mass is 16.5. The zero-order valence-electron chi connectivity index (χ0n) is 13.0. The maximum Gasteiger partial charge on any atom is 0.252 e. The van der Waals surface area contributed by atoms with Gasteiger partial charge in [-0.05, 0) is 24.3 Å². The van der Waals surface area contributed by atoms with E-state index in [-0.39, 0.29) is 5.91 Å². The second-order valence-corrected chi connectivity index (χ2v) is 5.43. The molecule has 1 heterocycles. The fourth-order valence-electron chi connectivity index (χ4n) is 2.55. The van der Waals surface area contributed by atoms with Crippen LogP contribution in [0, 0.1) is 0 Å². The van der Waals surface area contributed by atoms with Gasteiger partial charge in [0.25, 0.3) is 5.91 Å². The van der Waals surface area contributed by atoms with Crippen molar-refractivity contribution in [2.24, 2.45) is 0 Å². The van der Waals surface area contributed by atoms with E-state index in [9.17, 15) is 4.79 Å². The van der Waals surface area contributed by atoms with Crippen molar-refractivity contribution >= 4 is 17.3 Å². The van der Waals surface area contributed by atoms with Crippen LogP contribution in [-0.4, -0.2) is 43.7 Å². The summed E-state index contributed by atoms with van der Waals surface area (Å²) in [5.74, 6) is -0.0281. The molecule has 5 heteroatoms. The Kier molecular flexibility index (Phi) is 5.24. The number of rotatable bonds is 5. The van der Waals surface area contributed by atoms with Crippen LogP contribution in [0.3, 0.4) is 0 Å². The summed E-state index contributed by atoms with van der Waals surface area (Å²) in [6.07, 6.45) is 0. The maximum atomic E-state index is 12.4. The number of hydrazine groups is 1. The van der Waals surface area contributed by atoms with E-state index in [2.05, 4.69) is 10.3 Å². The van der Waals surface area contributed by atoms with Gasteiger partial charge in [0, 0.05) is 13.1 Å². The molecule has 0 spiro atoms. The minimum absolute atomic E-state index is 0.0281. The molecule has 0 aliphatic carbocycles. The summed E-state index contributed by atoms with van der Waals surface area (Å²) < 4.78 is 5.32. The molecule has 0 atom stereocenters. The van der Waals surface area contributed by atoms with Crippen LogP contribution in [-0.2, 0) is 9.53 Å². The normalized spacial score (nSPS) is 15.1. The Hall–Kier alpha value is -2.37. The van der Waals surface area contributed by atoms with Crippen LogP contribution in [0.15, 0.2) is 60.7 Å². The molecule has 1 aliphatic rings. The molecule has 0 saturated carbocycles. The number of hydrogen-bond acceptors (Lipinski definition) is 4. The number of para-hydroxylation sites is 2. The molecule has 1 aliphatic heterocycles. The Morgan fingerprint density at radius 2 is 1.48 bits per heavy atom. The van der Waals surface area contributed by atoms with Crippen molar-refractivity contribution in [2.45, 2.75) is 0 Å². The number of benzene rings is 2. The monoisotopic (exact) mass is 311 g/mol. The molecule has 1 saturated heterocycles. The molecule has 0 aromatic heterocycles. The van der Waals surface area contributed by atoms with Crippen LogP contribution in [0.2, 0.25) is 0 Å². The second kappa shape index (κ2) is 7.76. The zero-order chi connectivity index (χ0) is 15.9. The molecular weight excluding hydrogens is 290 g/mol. The van der Waals surface area contributed by atoms with Crippen molar-refractivity contribution in [1.82, 2.24) is 10.3 Å². The van der Waals surface area contributed by atoms with E-state index in [4.69, 9.17) is 4.74 Å². The highest BCUT2D eigenvalue weighted by Gasteiger charge is 2.17. The molecule has 1 amide bonds. The summed E-state index contributed by atoms with van der Waals surface area (Å²) in [7, 11) is 0. The first kappa shape index (κ1) is 15.5. The van der Waals surface area contributed by atoms with Gasteiger partial charge in [-0.25, -0.2) is 0 Å². The molecule has 0 unspecified atom stereocenters. The first-order valence-corrected chi connectivity index (χ1v) is 7.83. The molecule has 0 bridgehead atoms. The van der Waals surface area contributed by atoms with Crippen LogP contribution in [0.4, 0.5) is 11.4 Å².